The van der Waals surface area contributed by atoms with Gasteiger partial charge in [-0.2, -0.15) is 0 Å². The highest BCUT2D eigenvalue weighted by Gasteiger charge is 2.24. The number of hydrogen-bond acceptors (Lipinski definition) is 2. The first-order valence-corrected chi connectivity index (χ1v) is 10.5. The Morgan fingerprint density at radius 2 is 1.61 bits per heavy atom. The summed E-state index contributed by atoms with van der Waals surface area (Å²) in [6.07, 6.45) is 7.57. The van der Waals surface area contributed by atoms with Crippen molar-refractivity contribution in [3.05, 3.63) is 12.7 Å². The van der Waals surface area contributed by atoms with Crippen molar-refractivity contribution in [2.24, 2.45) is 0 Å². The van der Waals surface area contributed by atoms with E-state index in [2.05, 4.69) is 27.0 Å². The van der Waals surface area contributed by atoms with Gasteiger partial charge < -0.3 is 4.74 Å². The van der Waals surface area contributed by atoms with Gasteiger partial charge in [-0.05, 0) is 6.42 Å². The first-order valence-electron chi connectivity index (χ1n) is 7.37. The summed E-state index contributed by atoms with van der Waals surface area (Å²) in [5.74, 6) is -0.291. The van der Waals surface area contributed by atoms with Crippen LogP contribution in [0.3, 0.4) is 0 Å². The predicted molar refractivity (Wildman–Crippen MR) is 81.6 cm³/mol. The summed E-state index contributed by atoms with van der Waals surface area (Å²) in [4.78, 5) is 11.0. The lowest BCUT2D eigenvalue weighted by Gasteiger charge is -2.27. The lowest BCUT2D eigenvalue weighted by Crippen LogP contribution is -2.30. The van der Waals surface area contributed by atoms with E-state index in [1.165, 1.54) is 49.9 Å². The fourth-order valence-corrected chi connectivity index (χ4v) is 6.47. The summed E-state index contributed by atoms with van der Waals surface area (Å²) in [6.45, 7) is 11.0. The van der Waals surface area contributed by atoms with E-state index in [1.54, 1.807) is 0 Å². The highest BCUT2D eigenvalue weighted by molar-refractivity contribution is 6.78. The molecule has 0 bridgehead atoms. The van der Waals surface area contributed by atoms with E-state index in [-0.39, 0.29) is 5.97 Å². The zero-order valence-corrected chi connectivity index (χ0v) is 13.5. The molecule has 2 nitrogen and oxygen atoms in total. The SMILES string of the molecule is C=CC(=O)OCCC[Si](C)(CCCC)CCCC. The average molecular weight is 270 g/mol. The summed E-state index contributed by atoms with van der Waals surface area (Å²) < 4.78 is 5.06. The minimum Gasteiger partial charge on any atom is -0.463 e. The van der Waals surface area contributed by atoms with Crippen molar-refractivity contribution >= 4 is 14.0 Å². The van der Waals surface area contributed by atoms with E-state index < -0.39 is 8.07 Å². The maximum Gasteiger partial charge on any atom is 0.330 e. The van der Waals surface area contributed by atoms with E-state index in [0.717, 1.165) is 6.42 Å². The van der Waals surface area contributed by atoms with Gasteiger partial charge in [-0.1, -0.05) is 70.8 Å². The van der Waals surface area contributed by atoms with Crippen LogP contribution < -0.4 is 0 Å². The zero-order chi connectivity index (χ0) is 13.9. The topological polar surface area (TPSA) is 26.3 Å². The maximum absolute atomic E-state index is 11.0. The number of unbranched alkanes of at least 4 members (excludes halogenated alkanes) is 2. The van der Waals surface area contributed by atoms with Gasteiger partial charge in [-0.3, -0.25) is 0 Å². The number of rotatable bonds is 11. The second kappa shape index (κ2) is 10.4. The van der Waals surface area contributed by atoms with Gasteiger partial charge in [0.25, 0.3) is 0 Å². The van der Waals surface area contributed by atoms with Crippen molar-refractivity contribution in [3.8, 4) is 0 Å². The van der Waals surface area contributed by atoms with Crippen molar-refractivity contribution in [2.75, 3.05) is 6.61 Å². The Balaban J connectivity index is 3.98. The predicted octanol–water partition coefficient (Wildman–Crippen LogP) is 4.78. The molecule has 0 atom stereocenters. The van der Waals surface area contributed by atoms with Crippen LogP contribution in [0.1, 0.15) is 46.0 Å². The molecule has 0 saturated heterocycles. The molecule has 0 aromatic heterocycles. The fourth-order valence-electron chi connectivity index (χ4n) is 2.31. The van der Waals surface area contributed by atoms with Crippen LogP contribution in [0.25, 0.3) is 0 Å². The minimum absolute atomic E-state index is 0.291. The summed E-state index contributed by atoms with van der Waals surface area (Å²) in [5.41, 5.74) is 0. The standard InChI is InChI=1S/C15H30O2Si/c1-5-8-12-18(4,13-9-6-2)14-10-11-17-15(16)7-3/h7H,3,5-6,8-14H2,1-2,4H3. The van der Waals surface area contributed by atoms with E-state index in [0.29, 0.717) is 6.61 Å². The third-order valence-corrected chi connectivity index (χ3v) is 8.29. The number of carbonyl (C=O) groups is 1. The Bertz CT molecular complexity index is 231. The molecule has 0 aromatic carbocycles. The lowest BCUT2D eigenvalue weighted by molar-refractivity contribution is -0.137. The highest BCUT2D eigenvalue weighted by atomic mass is 28.3. The van der Waals surface area contributed by atoms with E-state index in [9.17, 15) is 4.79 Å². The van der Waals surface area contributed by atoms with Crippen LogP contribution in [-0.2, 0) is 9.53 Å². The first-order chi connectivity index (χ1) is 8.58. The van der Waals surface area contributed by atoms with Gasteiger partial charge in [0, 0.05) is 6.08 Å². The normalized spacial score (nSPS) is 11.3. The monoisotopic (exact) mass is 270 g/mol. The molecule has 0 unspecified atom stereocenters. The molecule has 0 aliphatic heterocycles. The average Bonchev–Trinajstić information content (AvgIpc) is 2.39. The molecule has 0 N–H and O–H groups in total. The smallest absolute Gasteiger partial charge is 0.330 e. The molecule has 106 valence electrons. The molecule has 0 fully saturated rings. The van der Waals surface area contributed by atoms with Crippen LogP contribution in [0.5, 0.6) is 0 Å². The molecule has 0 aliphatic rings. The third-order valence-electron chi connectivity index (χ3n) is 3.60. The molecule has 0 aromatic rings. The van der Waals surface area contributed by atoms with Gasteiger partial charge in [-0.15, -0.1) is 0 Å². The van der Waals surface area contributed by atoms with Gasteiger partial charge in [-0.25, -0.2) is 4.79 Å². The van der Waals surface area contributed by atoms with Crippen LogP contribution >= 0.6 is 0 Å². The molecule has 0 amide bonds. The molecule has 0 saturated carbocycles. The molecule has 0 aliphatic carbocycles. The molecule has 3 heteroatoms. The fraction of sp³-hybridized carbons (Fsp3) is 0.800. The Morgan fingerprint density at radius 3 is 2.06 bits per heavy atom. The van der Waals surface area contributed by atoms with Crippen molar-refractivity contribution in [2.45, 2.75) is 70.6 Å². The maximum atomic E-state index is 11.0. The van der Waals surface area contributed by atoms with Crippen LogP contribution in [0.15, 0.2) is 12.7 Å². The van der Waals surface area contributed by atoms with Crippen molar-refractivity contribution in [1.29, 1.82) is 0 Å². The molecular weight excluding hydrogens is 240 g/mol. The molecule has 0 rings (SSSR count). The van der Waals surface area contributed by atoms with E-state index in [4.69, 9.17) is 4.74 Å². The number of hydrogen-bond donors (Lipinski definition) is 0. The molecule has 18 heavy (non-hydrogen) atoms. The highest BCUT2D eigenvalue weighted by Crippen LogP contribution is 2.27. The summed E-state index contributed by atoms with van der Waals surface area (Å²) in [7, 11) is -1.09. The van der Waals surface area contributed by atoms with Crippen LogP contribution in [-0.4, -0.2) is 20.7 Å². The van der Waals surface area contributed by atoms with Gasteiger partial charge in [0.15, 0.2) is 0 Å². The van der Waals surface area contributed by atoms with Crippen LogP contribution in [0, 0.1) is 0 Å². The van der Waals surface area contributed by atoms with E-state index in [1.807, 2.05) is 0 Å². The lowest BCUT2D eigenvalue weighted by atomic mass is 10.4. The number of esters is 1. The Labute approximate surface area is 114 Å². The Kier molecular flexibility index (Phi) is 10.0. The second-order valence-corrected chi connectivity index (χ2v) is 10.6. The van der Waals surface area contributed by atoms with Crippen LogP contribution in [0.4, 0.5) is 0 Å². The van der Waals surface area contributed by atoms with Crippen molar-refractivity contribution in [3.63, 3.8) is 0 Å². The molecule has 0 spiro atoms. The second-order valence-electron chi connectivity index (χ2n) is 5.49. The minimum atomic E-state index is -1.09. The molecule has 0 radical (unpaired) electrons. The zero-order valence-electron chi connectivity index (χ0n) is 12.5. The Morgan fingerprint density at radius 1 is 1.11 bits per heavy atom. The van der Waals surface area contributed by atoms with Crippen molar-refractivity contribution < 1.29 is 9.53 Å². The molecular formula is C15H30O2Si. The largest absolute Gasteiger partial charge is 0.463 e. The molecule has 0 heterocycles. The third kappa shape index (κ3) is 8.51. The van der Waals surface area contributed by atoms with Crippen LogP contribution in [0.2, 0.25) is 24.7 Å². The summed E-state index contributed by atoms with van der Waals surface area (Å²) in [6, 6.07) is 4.15. The van der Waals surface area contributed by atoms with Gasteiger partial charge in [0.2, 0.25) is 0 Å². The van der Waals surface area contributed by atoms with Gasteiger partial charge in [0.05, 0.1) is 14.7 Å². The number of carbonyl (C=O) groups excluding carboxylic acids is 1. The van der Waals surface area contributed by atoms with Gasteiger partial charge in [0.1, 0.15) is 0 Å². The van der Waals surface area contributed by atoms with E-state index >= 15 is 0 Å². The quantitative estimate of drug-likeness (QED) is 0.234. The van der Waals surface area contributed by atoms with Crippen molar-refractivity contribution in [1.82, 2.24) is 0 Å². The first kappa shape index (κ1) is 17.4. The summed E-state index contributed by atoms with van der Waals surface area (Å²) in [5, 5.41) is 0. The Hall–Kier alpha value is -0.573. The number of ether oxygens (including phenoxy) is 1. The van der Waals surface area contributed by atoms with Gasteiger partial charge >= 0.3 is 5.97 Å². The summed E-state index contributed by atoms with van der Waals surface area (Å²) >= 11 is 0.